The molecular weight excluding hydrogens is 251 g/mol. The fourth-order valence-corrected chi connectivity index (χ4v) is 2.20. The van der Waals surface area contributed by atoms with Gasteiger partial charge in [0.25, 0.3) is 0 Å². The average Bonchev–Trinajstić information content (AvgIpc) is 2.29. The number of hydrogen-bond donors (Lipinski definition) is 0. The van der Waals surface area contributed by atoms with Gasteiger partial charge in [0.1, 0.15) is 5.75 Å². The van der Waals surface area contributed by atoms with Crippen LogP contribution in [0.3, 0.4) is 0 Å². The predicted octanol–water partition coefficient (Wildman–Crippen LogP) is 3.44. The van der Waals surface area contributed by atoms with Crippen molar-refractivity contribution in [2.45, 2.75) is 13.3 Å². The fraction of sp³-hybridized carbons (Fsp3) is 0.308. The average molecular weight is 268 g/mol. The first kappa shape index (κ1) is 14.7. The van der Waals surface area contributed by atoms with Crippen molar-refractivity contribution >= 4 is 13.4 Å². The van der Waals surface area contributed by atoms with Crippen molar-refractivity contribution in [3.05, 3.63) is 42.5 Å². The maximum Gasteiger partial charge on any atom is 0.376 e. The van der Waals surface area contributed by atoms with E-state index in [2.05, 4.69) is 6.58 Å². The molecule has 0 aliphatic heterocycles. The van der Waals surface area contributed by atoms with Crippen molar-refractivity contribution in [3.63, 3.8) is 0 Å². The Balaban J connectivity index is 2.43. The molecule has 0 aliphatic rings. The smallest absolute Gasteiger partial charge is 0.376 e. The van der Waals surface area contributed by atoms with Gasteiger partial charge in [-0.2, -0.15) is 0 Å². The molecule has 18 heavy (non-hydrogen) atoms. The van der Waals surface area contributed by atoms with E-state index in [1.54, 1.807) is 31.2 Å². The SMILES string of the molecule is C=C(C)C(=O)CCOP(C)(=O)Oc1ccccc1. The van der Waals surface area contributed by atoms with Crippen LogP contribution in [0.5, 0.6) is 5.75 Å². The van der Waals surface area contributed by atoms with Crippen LogP contribution in [-0.4, -0.2) is 19.1 Å². The van der Waals surface area contributed by atoms with Crippen molar-refractivity contribution in [2.24, 2.45) is 0 Å². The third-order valence-electron chi connectivity index (χ3n) is 2.15. The molecule has 1 aromatic carbocycles. The zero-order valence-corrected chi connectivity index (χ0v) is 11.5. The van der Waals surface area contributed by atoms with Crippen molar-refractivity contribution in [3.8, 4) is 5.75 Å². The van der Waals surface area contributed by atoms with E-state index < -0.39 is 7.60 Å². The fourth-order valence-electron chi connectivity index (χ4n) is 1.22. The molecule has 0 amide bonds. The summed E-state index contributed by atoms with van der Waals surface area (Å²) in [6, 6.07) is 8.77. The second-order valence-electron chi connectivity index (χ2n) is 3.96. The molecule has 0 bridgehead atoms. The van der Waals surface area contributed by atoms with Crippen molar-refractivity contribution < 1.29 is 18.4 Å². The minimum Gasteiger partial charge on any atom is -0.425 e. The summed E-state index contributed by atoms with van der Waals surface area (Å²) >= 11 is 0. The number of hydrogen-bond acceptors (Lipinski definition) is 4. The first-order valence-electron chi connectivity index (χ1n) is 5.56. The molecule has 5 heteroatoms. The Morgan fingerprint density at radius 1 is 1.33 bits per heavy atom. The number of para-hydroxylation sites is 1. The van der Waals surface area contributed by atoms with E-state index in [1.165, 1.54) is 6.66 Å². The van der Waals surface area contributed by atoms with Gasteiger partial charge < -0.3 is 4.52 Å². The molecule has 0 saturated carbocycles. The van der Waals surface area contributed by atoms with Gasteiger partial charge >= 0.3 is 7.60 Å². The summed E-state index contributed by atoms with van der Waals surface area (Å²) in [7, 11) is -3.18. The Kier molecular flexibility index (Phi) is 5.32. The van der Waals surface area contributed by atoms with Crippen LogP contribution in [0.15, 0.2) is 42.5 Å². The maximum atomic E-state index is 12.0. The molecule has 0 fully saturated rings. The van der Waals surface area contributed by atoms with E-state index in [4.69, 9.17) is 9.05 Å². The van der Waals surface area contributed by atoms with Gasteiger partial charge in [-0.25, -0.2) is 4.57 Å². The summed E-state index contributed by atoms with van der Waals surface area (Å²) in [5.74, 6) is 0.379. The van der Waals surface area contributed by atoms with Crippen molar-refractivity contribution in [1.82, 2.24) is 0 Å². The monoisotopic (exact) mass is 268 g/mol. The minimum absolute atomic E-state index is 0.0618. The molecule has 98 valence electrons. The van der Waals surface area contributed by atoms with Crippen LogP contribution in [0.25, 0.3) is 0 Å². The van der Waals surface area contributed by atoms with Gasteiger partial charge in [-0.05, 0) is 24.6 Å². The van der Waals surface area contributed by atoms with Crippen LogP contribution in [0.1, 0.15) is 13.3 Å². The van der Waals surface area contributed by atoms with E-state index in [9.17, 15) is 9.36 Å². The Morgan fingerprint density at radius 3 is 2.50 bits per heavy atom. The highest BCUT2D eigenvalue weighted by atomic mass is 31.2. The molecule has 0 saturated heterocycles. The van der Waals surface area contributed by atoms with Gasteiger partial charge in [0.15, 0.2) is 5.78 Å². The lowest BCUT2D eigenvalue weighted by atomic mass is 10.2. The molecule has 1 unspecified atom stereocenters. The number of carbonyl (C=O) groups is 1. The molecule has 1 atom stereocenters. The quantitative estimate of drug-likeness (QED) is 0.561. The highest BCUT2D eigenvalue weighted by molar-refractivity contribution is 7.53. The van der Waals surface area contributed by atoms with Crippen LogP contribution in [0.4, 0.5) is 0 Å². The largest absolute Gasteiger partial charge is 0.425 e. The van der Waals surface area contributed by atoms with Gasteiger partial charge in [-0.3, -0.25) is 9.32 Å². The highest BCUT2D eigenvalue weighted by Crippen LogP contribution is 2.44. The van der Waals surface area contributed by atoms with Gasteiger partial charge in [0, 0.05) is 13.1 Å². The number of ketones is 1. The number of rotatable bonds is 7. The summed E-state index contributed by atoms with van der Waals surface area (Å²) in [4.78, 5) is 11.3. The first-order valence-corrected chi connectivity index (χ1v) is 7.55. The Hall–Kier alpha value is -1.38. The zero-order chi connectivity index (χ0) is 13.6. The van der Waals surface area contributed by atoms with Gasteiger partial charge in [-0.1, -0.05) is 24.8 Å². The predicted molar refractivity (Wildman–Crippen MR) is 71.0 cm³/mol. The molecular formula is C13H17O4P. The minimum atomic E-state index is -3.18. The van der Waals surface area contributed by atoms with Crippen LogP contribution in [0, 0.1) is 0 Å². The molecule has 0 aromatic heterocycles. The maximum absolute atomic E-state index is 12.0. The van der Waals surface area contributed by atoms with Crippen molar-refractivity contribution in [2.75, 3.05) is 13.3 Å². The second-order valence-corrected chi connectivity index (χ2v) is 5.95. The third kappa shape index (κ3) is 5.30. The van der Waals surface area contributed by atoms with Gasteiger partial charge in [0.2, 0.25) is 0 Å². The molecule has 0 aliphatic carbocycles. The second kappa shape index (κ2) is 6.53. The standard InChI is InChI=1S/C13H17O4P/c1-11(2)13(14)9-10-16-18(3,15)17-12-7-5-4-6-8-12/h4-8H,1,9-10H2,2-3H3. The molecule has 1 aromatic rings. The molecule has 0 spiro atoms. The third-order valence-corrected chi connectivity index (χ3v) is 3.34. The Morgan fingerprint density at radius 2 is 1.94 bits per heavy atom. The number of carbonyl (C=O) groups excluding carboxylic acids is 1. The molecule has 4 nitrogen and oxygen atoms in total. The van der Waals surface area contributed by atoms with E-state index in [-0.39, 0.29) is 18.8 Å². The zero-order valence-electron chi connectivity index (χ0n) is 10.6. The summed E-state index contributed by atoms with van der Waals surface area (Å²) < 4.78 is 22.3. The summed E-state index contributed by atoms with van der Waals surface area (Å²) in [6.45, 7) is 6.61. The molecule has 1 rings (SSSR count). The highest BCUT2D eigenvalue weighted by Gasteiger charge is 2.19. The number of allylic oxidation sites excluding steroid dienone is 1. The topological polar surface area (TPSA) is 52.6 Å². The van der Waals surface area contributed by atoms with Gasteiger partial charge in [-0.15, -0.1) is 0 Å². The van der Waals surface area contributed by atoms with Crippen LogP contribution >= 0.6 is 7.60 Å². The molecule has 0 radical (unpaired) electrons. The van der Waals surface area contributed by atoms with Gasteiger partial charge in [0.05, 0.1) is 6.61 Å². The van der Waals surface area contributed by atoms with Crippen LogP contribution < -0.4 is 4.52 Å². The lowest BCUT2D eigenvalue weighted by Gasteiger charge is -2.14. The van der Waals surface area contributed by atoms with E-state index in [0.29, 0.717) is 11.3 Å². The van der Waals surface area contributed by atoms with Crippen LogP contribution in [-0.2, 0) is 13.9 Å². The molecule has 0 heterocycles. The lowest BCUT2D eigenvalue weighted by Crippen LogP contribution is -2.05. The normalized spacial score (nSPS) is 13.7. The molecule has 0 N–H and O–H groups in total. The Labute approximate surface area is 107 Å². The first-order chi connectivity index (χ1) is 8.41. The lowest BCUT2D eigenvalue weighted by molar-refractivity contribution is -0.115. The van der Waals surface area contributed by atoms with E-state index >= 15 is 0 Å². The van der Waals surface area contributed by atoms with E-state index in [0.717, 1.165) is 0 Å². The summed E-state index contributed by atoms with van der Waals surface area (Å²) in [5, 5.41) is 0. The summed E-state index contributed by atoms with van der Waals surface area (Å²) in [5.41, 5.74) is 0.466. The number of benzene rings is 1. The van der Waals surface area contributed by atoms with Crippen molar-refractivity contribution in [1.29, 1.82) is 0 Å². The Bertz CT molecular complexity index is 467. The summed E-state index contributed by atoms with van der Waals surface area (Å²) in [6.07, 6.45) is 0.158. The van der Waals surface area contributed by atoms with E-state index in [1.807, 2.05) is 6.07 Å². The number of Topliss-reactive ketones (excluding diaryl/α,β-unsaturated/α-hetero) is 1. The van der Waals surface area contributed by atoms with Crippen LogP contribution in [0.2, 0.25) is 0 Å².